The molecule has 23 heavy (non-hydrogen) atoms. The average Bonchev–Trinajstić information content (AvgIpc) is 2.50. The standard InChI is InChI=1S/C15H18ClFN2O4/c16-12-6-5-11(7-13(12)17)23-8-14(20)18-9-1-3-10(4-2-9)19-15(21)22/h5-7,9-10,19H,1-4,8H2,(H,18,20)(H,21,22)/t9-,10-. The summed E-state index contributed by atoms with van der Waals surface area (Å²) in [6, 6.07) is 3.91. The van der Waals surface area contributed by atoms with Gasteiger partial charge < -0.3 is 20.5 Å². The van der Waals surface area contributed by atoms with Crippen LogP contribution in [0.1, 0.15) is 25.7 Å². The molecule has 1 saturated carbocycles. The third-order valence-corrected chi connectivity index (χ3v) is 3.99. The van der Waals surface area contributed by atoms with E-state index >= 15 is 0 Å². The second kappa shape index (κ2) is 8.01. The van der Waals surface area contributed by atoms with E-state index in [0.29, 0.717) is 25.7 Å². The molecule has 0 aromatic heterocycles. The number of nitrogens with one attached hydrogen (secondary N) is 2. The first-order valence-electron chi connectivity index (χ1n) is 7.30. The maximum Gasteiger partial charge on any atom is 0.404 e. The zero-order valence-electron chi connectivity index (χ0n) is 12.4. The van der Waals surface area contributed by atoms with Crippen LogP contribution < -0.4 is 15.4 Å². The predicted molar refractivity (Wildman–Crippen MR) is 82.3 cm³/mol. The smallest absolute Gasteiger partial charge is 0.404 e. The molecular formula is C15H18ClFN2O4. The molecule has 1 aliphatic rings. The lowest BCUT2D eigenvalue weighted by Gasteiger charge is -2.28. The summed E-state index contributed by atoms with van der Waals surface area (Å²) in [6.07, 6.45) is 1.74. The van der Waals surface area contributed by atoms with Gasteiger partial charge in [0.2, 0.25) is 0 Å². The summed E-state index contributed by atoms with van der Waals surface area (Å²) in [4.78, 5) is 22.4. The molecule has 8 heteroatoms. The Bertz CT molecular complexity index is 577. The second-order valence-corrected chi connectivity index (χ2v) is 5.84. The fourth-order valence-corrected chi connectivity index (χ4v) is 2.66. The summed E-state index contributed by atoms with van der Waals surface area (Å²) < 4.78 is 18.5. The van der Waals surface area contributed by atoms with Gasteiger partial charge in [-0.15, -0.1) is 0 Å². The Kier molecular flexibility index (Phi) is 6.04. The van der Waals surface area contributed by atoms with Gasteiger partial charge in [0, 0.05) is 18.2 Å². The number of carbonyl (C=O) groups excluding carboxylic acids is 1. The van der Waals surface area contributed by atoms with Crippen molar-refractivity contribution in [1.82, 2.24) is 10.6 Å². The Morgan fingerprint density at radius 1 is 1.22 bits per heavy atom. The zero-order valence-corrected chi connectivity index (χ0v) is 13.1. The molecule has 6 nitrogen and oxygen atoms in total. The largest absolute Gasteiger partial charge is 0.484 e. The van der Waals surface area contributed by atoms with Crippen molar-refractivity contribution in [2.75, 3.05) is 6.61 Å². The monoisotopic (exact) mass is 344 g/mol. The van der Waals surface area contributed by atoms with Gasteiger partial charge in [-0.25, -0.2) is 9.18 Å². The summed E-state index contributed by atoms with van der Waals surface area (Å²) in [7, 11) is 0. The molecule has 0 aliphatic heterocycles. The van der Waals surface area contributed by atoms with Crippen molar-refractivity contribution in [1.29, 1.82) is 0 Å². The van der Waals surface area contributed by atoms with Gasteiger partial charge in [-0.3, -0.25) is 4.79 Å². The quantitative estimate of drug-likeness (QED) is 0.766. The van der Waals surface area contributed by atoms with Crippen molar-refractivity contribution >= 4 is 23.6 Å². The van der Waals surface area contributed by atoms with Gasteiger partial charge in [-0.05, 0) is 37.8 Å². The third-order valence-electron chi connectivity index (χ3n) is 3.68. The lowest BCUT2D eigenvalue weighted by atomic mass is 9.91. The Balaban J connectivity index is 1.71. The summed E-state index contributed by atoms with van der Waals surface area (Å²) >= 11 is 5.56. The van der Waals surface area contributed by atoms with E-state index in [1.807, 2.05) is 0 Å². The minimum Gasteiger partial charge on any atom is -0.484 e. The van der Waals surface area contributed by atoms with Crippen molar-refractivity contribution in [2.24, 2.45) is 0 Å². The van der Waals surface area contributed by atoms with Gasteiger partial charge >= 0.3 is 6.09 Å². The first-order chi connectivity index (χ1) is 10.9. The number of carboxylic acid groups (broad SMARTS) is 1. The van der Waals surface area contributed by atoms with Gasteiger partial charge in [0.05, 0.1) is 5.02 Å². The molecule has 0 spiro atoms. The maximum atomic E-state index is 13.2. The molecule has 0 radical (unpaired) electrons. The molecule has 0 saturated heterocycles. The van der Waals surface area contributed by atoms with Gasteiger partial charge in [0.15, 0.2) is 6.61 Å². The summed E-state index contributed by atoms with van der Waals surface area (Å²) in [5.74, 6) is -0.666. The van der Waals surface area contributed by atoms with E-state index in [9.17, 15) is 14.0 Å². The lowest BCUT2D eigenvalue weighted by Crippen LogP contribution is -2.44. The Hall–Kier alpha value is -2.02. The SMILES string of the molecule is O=C(O)N[C@H]1CC[C@H](NC(=O)COc2ccc(Cl)c(F)c2)CC1. The number of benzene rings is 1. The van der Waals surface area contributed by atoms with E-state index in [2.05, 4.69) is 10.6 Å². The third kappa shape index (κ3) is 5.59. The van der Waals surface area contributed by atoms with Gasteiger partial charge in [-0.2, -0.15) is 0 Å². The number of ether oxygens (including phenoxy) is 1. The maximum absolute atomic E-state index is 13.2. The Labute approximate surface area is 138 Å². The van der Waals surface area contributed by atoms with Crippen molar-refractivity contribution in [3.8, 4) is 5.75 Å². The van der Waals surface area contributed by atoms with Crippen molar-refractivity contribution in [2.45, 2.75) is 37.8 Å². The molecule has 1 aromatic rings. The number of carbonyl (C=O) groups is 2. The molecule has 0 unspecified atom stereocenters. The number of amides is 2. The highest BCUT2D eigenvalue weighted by Crippen LogP contribution is 2.21. The summed E-state index contributed by atoms with van der Waals surface area (Å²) in [5.41, 5.74) is 0. The zero-order chi connectivity index (χ0) is 16.8. The van der Waals surface area contributed by atoms with Crippen molar-refractivity contribution in [3.05, 3.63) is 29.0 Å². The Morgan fingerprint density at radius 3 is 2.39 bits per heavy atom. The van der Waals surface area contributed by atoms with Crippen molar-refractivity contribution < 1.29 is 23.8 Å². The van der Waals surface area contributed by atoms with Crippen LogP contribution in [0.4, 0.5) is 9.18 Å². The summed E-state index contributed by atoms with van der Waals surface area (Å²) in [6.45, 7) is -0.214. The van der Waals surface area contributed by atoms with Crippen LogP contribution in [0.5, 0.6) is 5.75 Å². The minimum absolute atomic E-state index is 0.0000937. The number of halogens is 2. The van der Waals surface area contributed by atoms with Gasteiger partial charge in [0.25, 0.3) is 5.91 Å². The Morgan fingerprint density at radius 2 is 1.83 bits per heavy atom. The fraction of sp³-hybridized carbons (Fsp3) is 0.467. The number of hydrogen-bond donors (Lipinski definition) is 3. The molecule has 3 N–H and O–H groups in total. The molecule has 1 aliphatic carbocycles. The van der Waals surface area contributed by atoms with E-state index in [1.165, 1.54) is 12.1 Å². The van der Waals surface area contributed by atoms with E-state index in [-0.39, 0.29) is 35.4 Å². The fourth-order valence-electron chi connectivity index (χ4n) is 2.54. The van der Waals surface area contributed by atoms with Gasteiger partial charge in [-0.1, -0.05) is 11.6 Å². The van der Waals surface area contributed by atoms with E-state index < -0.39 is 11.9 Å². The van der Waals surface area contributed by atoms with Gasteiger partial charge in [0.1, 0.15) is 11.6 Å². The summed E-state index contributed by atoms with van der Waals surface area (Å²) in [5, 5.41) is 13.9. The van der Waals surface area contributed by atoms with Crippen LogP contribution in [-0.4, -0.2) is 35.8 Å². The van der Waals surface area contributed by atoms with Crippen LogP contribution in [-0.2, 0) is 4.79 Å². The first kappa shape index (κ1) is 17.3. The average molecular weight is 345 g/mol. The highest BCUT2D eigenvalue weighted by molar-refractivity contribution is 6.30. The molecule has 2 amide bonds. The normalized spacial score (nSPS) is 20.6. The van der Waals surface area contributed by atoms with Crippen molar-refractivity contribution in [3.63, 3.8) is 0 Å². The molecule has 1 fully saturated rings. The molecule has 0 heterocycles. The topological polar surface area (TPSA) is 87.7 Å². The number of rotatable bonds is 5. The van der Waals surface area contributed by atoms with E-state index in [0.717, 1.165) is 6.07 Å². The highest BCUT2D eigenvalue weighted by atomic mass is 35.5. The molecule has 0 atom stereocenters. The van der Waals surface area contributed by atoms with Crippen LogP contribution in [0.2, 0.25) is 5.02 Å². The minimum atomic E-state index is -1.03. The number of hydrogen-bond acceptors (Lipinski definition) is 3. The lowest BCUT2D eigenvalue weighted by molar-refractivity contribution is -0.124. The van der Waals surface area contributed by atoms with Crippen LogP contribution >= 0.6 is 11.6 Å². The first-order valence-corrected chi connectivity index (χ1v) is 7.68. The van der Waals surface area contributed by atoms with E-state index in [4.69, 9.17) is 21.4 Å². The highest BCUT2D eigenvalue weighted by Gasteiger charge is 2.23. The van der Waals surface area contributed by atoms with Crippen LogP contribution in [0.3, 0.4) is 0 Å². The predicted octanol–water partition coefficient (Wildman–Crippen LogP) is 2.55. The molecule has 2 rings (SSSR count). The van der Waals surface area contributed by atoms with E-state index in [1.54, 1.807) is 0 Å². The van der Waals surface area contributed by atoms with Crippen LogP contribution in [0, 0.1) is 5.82 Å². The van der Waals surface area contributed by atoms with Crippen LogP contribution in [0.25, 0.3) is 0 Å². The molecular weight excluding hydrogens is 327 g/mol. The molecule has 1 aromatic carbocycles. The molecule has 0 bridgehead atoms. The van der Waals surface area contributed by atoms with Crippen LogP contribution in [0.15, 0.2) is 18.2 Å². The molecule has 126 valence electrons. The second-order valence-electron chi connectivity index (χ2n) is 5.43.